The zero-order valence-electron chi connectivity index (χ0n) is 11.1. The number of methoxy groups -OCH3 is 1. The molecule has 0 saturated heterocycles. The van der Waals surface area contributed by atoms with Crippen molar-refractivity contribution < 1.29 is 4.74 Å². The second-order valence-electron chi connectivity index (χ2n) is 4.27. The van der Waals surface area contributed by atoms with Crippen LogP contribution in [0.1, 0.15) is 25.3 Å². The first-order chi connectivity index (χ1) is 8.71. The predicted molar refractivity (Wildman–Crippen MR) is 78.9 cm³/mol. The first kappa shape index (κ1) is 15.6. The molecule has 0 N–H and O–H groups in total. The van der Waals surface area contributed by atoms with Gasteiger partial charge in [0.2, 0.25) is 0 Å². The fourth-order valence-electron chi connectivity index (χ4n) is 1.88. The Morgan fingerprint density at radius 2 is 2.06 bits per heavy atom. The summed E-state index contributed by atoms with van der Waals surface area (Å²) in [6, 6.07) is 5.73. The van der Waals surface area contributed by atoms with Crippen LogP contribution in [-0.4, -0.2) is 31.0 Å². The minimum absolute atomic E-state index is 0.645. The Bertz CT molecular complexity index is 358. The van der Waals surface area contributed by atoms with Crippen LogP contribution < -0.4 is 4.74 Å². The number of rotatable bonds is 8. The molecule has 18 heavy (non-hydrogen) atoms. The van der Waals surface area contributed by atoms with E-state index in [4.69, 9.17) is 27.9 Å². The summed E-state index contributed by atoms with van der Waals surface area (Å²) >= 11 is 11.9. The van der Waals surface area contributed by atoms with Crippen LogP contribution in [0.4, 0.5) is 0 Å². The van der Waals surface area contributed by atoms with Gasteiger partial charge in [-0.1, -0.05) is 24.9 Å². The fraction of sp³-hybridized carbons (Fsp3) is 0.571. The summed E-state index contributed by atoms with van der Waals surface area (Å²) in [5, 5.41) is 0.743. The van der Waals surface area contributed by atoms with Gasteiger partial charge in [-0.15, -0.1) is 11.6 Å². The first-order valence-corrected chi connectivity index (χ1v) is 7.23. The molecule has 0 amide bonds. The van der Waals surface area contributed by atoms with Crippen molar-refractivity contribution in [3.05, 3.63) is 28.8 Å². The van der Waals surface area contributed by atoms with Crippen molar-refractivity contribution >= 4 is 23.2 Å². The van der Waals surface area contributed by atoms with E-state index in [9.17, 15) is 0 Å². The normalized spacial score (nSPS) is 10.9. The average Bonchev–Trinajstić information content (AvgIpc) is 2.36. The molecule has 0 aliphatic rings. The lowest BCUT2D eigenvalue weighted by atomic mass is 10.1. The molecular weight excluding hydrogens is 269 g/mol. The van der Waals surface area contributed by atoms with E-state index in [0.29, 0.717) is 5.88 Å². The van der Waals surface area contributed by atoms with Crippen molar-refractivity contribution in [3.8, 4) is 5.75 Å². The van der Waals surface area contributed by atoms with Crippen molar-refractivity contribution in [2.75, 3.05) is 26.1 Å². The van der Waals surface area contributed by atoms with E-state index in [0.717, 1.165) is 36.0 Å². The van der Waals surface area contributed by atoms with E-state index >= 15 is 0 Å². The zero-order chi connectivity index (χ0) is 13.4. The third-order valence-corrected chi connectivity index (χ3v) is 3.27. The van der Waals surface area contributed by atoms with Gasteiger partial charge in [-0.3, -0.25) is 4.90 Å². The Morgan fingerprint density at radius 1 is 1.28 bits per heavy atom. The van der Waals surface area contributed by atoms with Gasteiger partial charge in [0, 0.05) is 29.6 Å². The highest BCUT2D eigenvalue weighted by Gasteiger charge is 2.09. The number of unbranched alkanes of at least 4 members (excludes halogenated alkanes) is 1. The summed E-state index contributed by atoms with van der Waals surface area (Å²) in [6.45, 7) is 4.96. The van der Waals surface area contributed by atoms with E-state index in [-0.39, 0.29) is 0 Å². The Labute approximate surface area is 120 Å². The second kappa shape index (κ2) is 8.63. The largest absolute Gasteiger partial charge is 0.496 e. The Kier molecular flexibility index (Phi) is 7.48. The van der Waals surface area contributed by atoms with Gasteiger partial charge in [-0.05, 0) is 31.2 Å². The standard InChI is InChI=1S/C14H21Cl2NO/c1-3-4-8-17(9-7-15)11-12-10-13(16)5-6-14(12)18-2/h5-6,10H,3-4,7-9,11H2,1-2H3. The van der Waals surface area contributed by atoms with Crippen molar-refractivity contribution in [2.24, 2.45) is 0 Å². The lowest BCUT2D eigenvalue weighted by Crippen LogP contribution is -2.26. The van der Waals surface area contributed by atoms with E-state index in [2.05, 4.69) is 11.8 Å². The SMILES string of the molecule is CCCCN(CCCl)Cc1cc(Cl)ccc1OC. The lowest BCUT2D eigenvalue weighted by molar-refractivity contribution is 0.272. The molecule has 0 fully saturated rings. The number of benzene rings is 1. The monoisotopic (exact) mass is 289 g/mol. The molecule has 1 aromatic carbocycles. The van der Waals surface area contributed by atoms with Crippen molar-refractivity contribution in [1.29, 1.82) is 0 Å². The van der Waals surface area contributed by atoms with Crippen molar-refractivity contribution in [1.82, 2.24) is 4.90 Å². The van der Waals surface area contributed by atoms with Crippen molar-refractivity contribution in [2.45, 2.75) is 26.3 Å². The van der Waals surface area contributed by atoms with Crippen LogP contribution in [0.25, 0.3) is 0 Å². The summed E-state index contributed by atoms with van der Waals surface area (Å²) in [4.78, 5) is 2.34. The number of nitrogens with zero attached hydrogens (tertiary/aromatic N) is 1. The lowest BCUT2D eigenvalue weighted by Gasteiger charge is -2.22. The Morgan fingerprint density at radius 3 is 2.67 bits per heavy atom. The summed E-state index contributed by atoms with van der Waals surface area (Å²) in [6.07, 6.45) is 2.37. The predicted octanol–water partition coefficient (Wildman–Crippen LogP) is 4.19. The molecule has 2 nitrogen and oxygen atoms in total. The Hall–Kier alpha value is -0.440. The summed E-state index contributed by atoms with van der Waals surface area (Å²) in [5.41, 5.74) is 1.12. The molecule has 0 unspecified atom stereocenters. The fourth-order valence-corrected chi connectivity index (χ4v) is 2.32. The molecule has 0 spiro atoms. The molecule has 0 radical (unpaired) electrons. The Balaban J connectivity index is 2.74. The molecule has 0 aliphatic carbocycles. The molecule has 102 valence electrons. The topological polar surface area (TPSA) is 12.5 Å². The summed E-state index contributed by atoms with van der Waals surface area (Å²) < 4.78 is 5.37. The number of hydrogen-bond acceptors (Lipinski definition) is 2. The molecule has 0 aliphatic heterocycles. The van der Waals surface area contributed by atoms with Crippen LogP contribution in [0.2, 0.25) is 5.02 Å². The van der Waals surface area contributed by atoms with Crippen LogP contribution in [0, 0.1) is 0 Å². The van der Waals surface area contributed by atoms with Gasteiger partial charge in [0.25, 0.3) is 0 Å². The highest BCUT2D eigenvalue weighted by atomic mass is 35.5. The van der Waals surface area contributed by atoms with Crippen LogP contribution >= 0.6 is 23.2 Å². The van der Waals surface area contributed by atoms with Gasteiger partial charge < -0.3 is 4.74 Å². The molecule has 1 aromatic rings. The molecule has 0 heterocycles. The molecule has 0 bridgehead atoms. The highest BCUT2D eigenvalue weighted by Crippen LogP contribution is 2.24. The van der Waals surface area contributed by atoms with E-state index in [1.165, 1.54) is 12.8 Å². The number of alkyl halides is 1. The van der Waals surface area contributed by atoms with Crippen LogP contribution in [0.3, 0.4) is 0 Å². The first-order valence-electron chi connectivity index (χ1n) is 6.32. The maximum absolute atomic E-state index is 6.04. The quantitative estimate of drug-likeness (QED) is 0.666. The van der Waals surface area contributed by atoms with Gasteiger partial charge in [0.15, 0.2) is 0 Å². The molecular formula is C14H21Cl2NO. The third-order valence-electron chi connectivity index (χ3n) is 2.87. The number of ether oxygens (including phenoxy) is 1. The van der Waals surface area contributed by atoms with Gasteiger partial charge in [0.05, 0.1) is 7.11 Å². The van der Waals surface area contributed by atoms with Gasteiger partial charge in [0.1, 0.15) is 5.75 Å². The van der Waals surface area contributed by atoms with Crippen LogP contribution in [0.5, 0.6) is 5.75 Å². The molecule has 1 rings (SSSR count). The minimum atomic E-state index is 0.645. The van der Waals surface area contributed by atoms with Crippen molar-refractivity contribution in [3.63, 3.8) is 0 Å². The minimum Gasteiger partial charge on any atom is -0.496 e. The molecule has 4 heteroatoms. The second-order valence-corrected chi connectivity index (χ2v) is 5.09. The molecule has 0 aromatic heterocycles. The summed E-state index contributed by atoms with van der Waals surface area (Å²) in [5.74, 6) is 1.53. The average molecular weight is 290 g/mol. The number of hydrogen-bond donors (Lipinski definition) is 0. The van der Waals surface area contributed by atoms with Crippen LogP contribution in [-0.2, 0) is 6.54 Å². The molecule has 0 atom stereocenters. The van der Waals surface area contributed by atoms with Gasteiger partial charge >= 0.3 is 0 Å². The third kappa shape index (κ3) is 5.05. The maximum atomic E-state index is 6.04. The zero-order valence-corrected chi connectivity index (χ0v) is 12.6. The highest BCUT2D eigenvalue weighted by molar-refractivity contribution is 6.30. The maximum Gasteiger partial charge on any atom is 0.123 e. The van der Waals surface area contributed by atoms with Gasteiger partial charge in [-0.2, -0.15) is 0 Å². The smallest absolute Gasteiger partial charge is 0.123 e. The number of halogens is 2. The van der Waals surface area contributed by atoms with Crippen LogP contribution in [0.15, 0.2) is 18.2 Å². The van der Waals surface area contributed by atoms with Gasteiger partial charge in [-0.25, -0.2) is 0 Å². The summed E-state index contributed by atoms with van der Waals surface area (Å²) in [7, 11) is 1.69. The van der Waals surface area contributed by atoms with E-state index < -0.39 is 0 Å². The molecule has 0 saturated carbocycles. The van der Waals surface area contributed by atoms with E-state index in [1.54, 1.807) is 7.11 Å². The van der Waals surface area contributed by atoms with E-state index in [1.807, 2.05) is 18.2 Å².